The number of nitrogens with two attached hydrogens (primary N) is 1. The summed E-state index contributed by atoms with van der Waals surface area (Å²) in [6.07, 6.45) is 17.4. The van der Waals surface area contributed by atoms with Crippen molar-refractivity contribution in [2.45, 2.75) is 38.1 Å². The molecular formula is C24H30N6O. The lowest BCUT2D eigenvalue weighted by Crippen LogP contribution is -2.12. The quantitative estimate of drug-likeness (QED) is 0.607. The van der Waals surface area contributed by atoms with Crippen LogP contribution in [0, 0.1) is 0 Å². The Morgan fingerprint density at radius 2 is 1.81 bits per heavy atom. The second kappa shape index (κ2) is 11.2. The molecular weight excluding hydrogens is 388 g/mol. The van der Waals surface area contributed by atoms with Crippen LogP contribution in [0.1, 0.15) is 43.7 Å². The Bertz CT molecular complexity index is 1020. The summed E-state index contributed by atoms with van der Waals surface area (Å²) in [6.45, 7) is 0. The van der Waals surface area contributed by atoms with Gasteiger partial charge in [-0.1, -0.05) is 37.5 Å². The number of aliphatic hydroxyl groups is 1. The van der Waals surface area contributed by atoms with Crippen LogP contribution in [0.5, 0.6) is 0 Å². The summed E-state index contributed by atoms with van der Waals surface area (Å²) in [5.41, 5.74) is 10.6. The first-order chi connectivity index (χ1) is 15.3. The Kier molecular flexibility index (Phi) is 8.06. The molecule has 1 aromatic carbocycles. The summed E-state index contributed by atoms with van der Waals surface area (Å²) in [4.78, 5) is 13.2. The molecule has 4 rings (SSSR count). The molecule has 0 bridgehead atoms. The van der Waals surface area contributed by atoms with Crippen LogP contribution in [0.2, 0.25) is 0 Å². The van der Waals surface area contributed by atoms with Crippen molar-refractivity contribution >= 4 is 11.8 Å². The summed E-state index contributed by atoms with van der Waals surface area (Å²) in [5.74, 6) is 0.681. The van der Waals surface area contributed by atoms with Gasteiger partial charge in [0, 0.05) is 67.4 Å². The van der Waals surface area contributed by atoms with E-state index in [1.807, 2.05) is 42.9 Å². The topological polar surface area (TPSA) is 102 Å². The van der Waals surface area contributed by atoms with Crippen LogP contribution in [0.3, 0.4) is 0 Å². The fourth-order valence-corrected chi connectivity index (χ4v) is 3.85. The molecule has 0 radical (unpaired) electrons. The zero-order chi connectivity index (χ0) is 22.1. The minimum Gasteiger partial charge on any atom is -0.404 e. The van der Waals surface area contributed by atoms with Crippen molar-refractivity contribution in [1.82, 2.24) is 19.7 Å². The molecule has 0 amide bonds. The van der Waals surface area contributed by atoms with Crippen molar-refractivity contribution in [2.24, 2.45) is 10.7 Å². The van der Waals surface area contributed by atoms with Crippen LogP contribution < -0.4 is 5.73 Å². The fraction of sp³-hybridized carbons (Fsp3) is 0.333. The molecule has 1 saturated carbocycles. The maximum Gasteiger partial charge on any atom is 0.159 e. The molecule has 0 saturated heterocycles. The van der Waals surface area contributed by atoms with E-state index in [2.05, 4.69) is 30.9 Å². The average molecular weight is 419 g/mol. The van der Waals surface area contributed by atoms with E-state index in [0.29, 0.717) is 11.9 Å². The lowest BCUT2D eigenvalue weighted by molar-refractivity contribution is 0.329. The van der Waals surface area contributed by atoms with Gasteiger partial charge in [-0.3, -0.25) is 9.67 Å². The molecule has 3 N–H and O–H groups in total. The van der Waals surface area contributed by atoms with Crippen LogP contribution in [0.15, 0.2) is 60.2 Å². The van der Waals surface area contributed by atoms with E-state index in [0.717, 1.165) is 34.9 Å². The van der Waals surface area contributed by atoms with Crippen molar-refractivity contribution < 1.29 is 5.11 Å². The Hall–Kier alpha value is -3.32. The Balaban J connectivity index is 0.00000132. The highest BCUT2D eigenvalue weighted by atomic mass is 16.2. The Labute approximate surface area is 183 Å². The second-order valence-electron chi connectivity index (χ2n) is 7.39. The van der Waals surface area contributed by atoms with Crippen LogP contribution >= 0.6 is 0 Å². The van der Waals surface area contributed by atoms with Gasteiger partial charge in [0.2, 0.25) is 0 Å². The molecule has 2 aromatic heterocycles. The molecule has 7 nitrogen and oxygen atoms in total. The van der Waals surface area contributed by atoms with Crippen LogP contribution in [-0.2, 0) is 0 Å². The molecule has 0 aliphatic heterocycles. The monoisotopic (exact) mass is 418 g/mol. The van der Waals surface area contributed by atoms with E-state index in [-0.39, 0.29) is 0 Å². The molecule has 3 aromatic rings. The van der Waals surface area contributed by atoms with Crippen molar-refractivity contribution in [2.75, 3.05) is 14.2 Å². The van der Waals surface area contributed by atoms with E-state index < -0.39 is 0 Å². The van der Waals surface area contributed by atoms with E-state index in [9.17, 15) is 0 Å². The highest BCUT2D eigenvalue weighted by molar-refractivity contribution is 6.09. The number of aliphatic hydroxyl groups excluding tert-OH is 1. The van der Waals surface area contributed by atoms with Gasteiger partial charge in [0.25, 0.3) is 0 Å². The lowest BCUT2D eigenvalue weighted by Gasteiger charge is -2.21. The number of aliphatic imine (C=N–C) groups is 1. The summed E-state index contributed by atoms with van der Waals surface area (Å²) < 4.78 is 2.11. The predicted octanol–water partition coefficient (Wildman–Crippen LogP) is 4.12. The third-order valence-electron chi connectivity index (χ3n) is 5.44. The smallest absolute Gasteiger partial charge is 0.159 e. The van der Waals surface area contributed by atoms with Crippen LogP contribution in [-0.4, -0.2) is 45.2 Å². The van der Waals surface area contributed by atoms with E-state index in [4.69, 9.17) is 10.8 Å². The number of hydrogen-bond donors (Lipinski definition) is 2. The normalized spacial score (nSPS) is 15.0. The van der Waals surface area contributed by atoms with Crippen molar-refractivity contribution in [1.29, 1.82) is 0 Å². The SMILES string of the molecule is CN=C/C(=C\N)c1cccc(-c2ncc(-c3cnn(C4CCCCC4)c3)cn2)c1.CO. The lowest BCUT2D eigenvalue weighted by atomic mass is 9.96. The Morgan fingerprint density at radius 3 is 2.48 bits per heavy atom. The molecule has 7 heteroatoms. The van der Waals surface area contributed by atoms with Gasteiger partial charge in [-0.05, 0) is 24.5 Å². The average Bonchev–Trinajstić information content (AvgIpc) is 3.35. The largest absolute Gasteiger partial charge is 0.404 e. The first-order valence-electron chi connectivity index (χ1n) is 10.5. The van der Waals surface area contributed by atoms with Crippen LogP contribution in [0.4, 0.5) is 0 Å². The Morgan fingerprint density at radius 1 is 1.06 bits per heavy atom. The number of hydrogen-bond acceptors (Lipinski definition) is 6. The number of rotatable bonds is 5. The fourth-order valence-electron chi connectivity index (χ4n) is 3.85. The van der Waals surface area contributed by atoms with Gasteiger partial charge in [0.1, 0.15) is 0 Å². The van der Waals surface area contributed by atoms with E-state index in [1.54, 1.807) is 19.5 Å². The third-order valence-corrected chi connectivity index (χ3v) is 5.44. The summed E-state index contributed by atoms with van der Waals surface area (Å²) in [5, 5.41) is 11.6. The highest BCUT2D eigenvalue weighted by Gasteiger charge is 2.16. The summed E-state index contributed by atoms with van der Waals surface area (Å²) in [7, 11) is 2.73. The van der Waals surface area contributed by atoms with Crippen LogP contribution in [0.25, 0.3) is 28.1 Å². The van der Waals surface area contributed by atoms with E-state index in [1.165, 1.54) is 32.1 Å². The van der Waals surface area contributed by atoms with Gasteiger partial charge in [-0.15, -0.1) is 0 Å². The number of benzene rings is 1. The van der Waals surface area contributed by atoms with Crippen molar-refractivity contribution in [3.8, 4) is 22.5 Å². The molecule has 162 valence electrons. The van der Waals surface area contributed by atoms with Gasteiger partial charge in [-0.25, -0.2) is 9.97 Å². The molecule has 1 aliphatic rings. The van der Waals surface area contributed by atoms with Gasteiger partial charge in [-0.2, -0.15) is 5.10 Å². The molecule has 0 spiro atoms. The predicted molar refractivity (Wildman–Crippen MR) is 126 cm³/mol. The standard InChI is InChI=1S/C23H26N6.CH4O/c1-25-12-19(11-24)17-6-5-7-18(10-17)23-26-13-20(14-27-23)21-15-28-29(16-21)22-8-3-2-4-9-22;1-2/h5-7,10-16,22H,2-4,8-9,24H2,1H3;2H,1H3/b19-11+,25-12?;. The second-order valence-corrected chi connectivity index (χ2v) is 7.39. The molecule has 0 unspecified atom stereocenters. The van der Waals surface area contributed by atoms with Gasteiger partial charge >= 0.3 is 0 Å². The van der Waals surface area contributed by atoms with Crippen molar-refractivity contribution in [3.05, 3.63) is 60.8 Å². The van der Waals surface area contributed by atoms with Crippen molar-refractivity contribution in [3.63, 3.8) is 0 Å². The summed E-state index contributed by atoms with van der Waals surface area (Å²) >= 11 is 0. The first-order valence-corrected chi connectivity index (χ1v) is 10.5. The number of aromatic nitrogens is 4. The molecule has 31 heavy (non-hydrogen) atoms. The van der Waals surface area contributed by atoms with Gasteiger partial charge in [0.05, 0.1) is 12.2 Å². The minimum absolute atomic E-state index is 0.525. The van der Waals surface area contributed by atoms with E-state index >= 15 is 0 Å². The zero-order valence-corrected chi connectivity index (χ0v) is 18.1. The minimum atomic E-state index is 0.525. The summed E-state index contributed by atoms with van der Waals surface area (Å²) in [6, 6.07) is 8.52. The van der Waals surface area contributed by atoms with Gasteiger partial charge in [0.15, 0.2) is 5.82 Å². The van der Waals surface area contributed by atoms with Gasteiger partial charge < -0.3 is 10.8 Å². The maximum atomic E-state index is 7.00. The first kappa shape index (κ1) is 22.4. The molecule has 0 atom stereocenters. The number of nitrogens with zero attached hydrogens (tertiary/aromatic N) is 5. The molecule has 1 aliphatic carbocycles. The zero-order valence-electron chi connectivity index (χ0n) is 18.1. The third kappa shape index (κ3) is 5.44. The number of allylic oxidation sites excluding steroid dienone is 1. The highest BCUT2D eigenvalue weighted by Crippen LogP contribution is 2.29. The maximum absolute atomic E-state index is 7.00. The molecule has 1 fully saturated rings. The molecule has 2 heterocycles.